The SMILES string of the molecule is NC(=O)C1CNCCN1c1cc(Br)ccc1C(F)(F)F. The molecule has 0 saturated carbocycles. The van der Waals surface area contributed by atoms with Crippen molar-refractivity contribution in [2.45, 2.75) is 12.2 Å². The number of carbonyl (C=O) groups is 1. The Morgan fingerprint density at radius 1 is 1.45 bits per heavy atom. The fourth-order valence-corrected chi connectivity index (χ4v) is 2.58. The minimum absolute atomic E-state index is 0.0304. The van der Waals surface area contributed by atoms with E-state index in [-0.39, 0.29) is 18.8 Å². The summed E-state index contributed by atoms with van der Waals surface area (Å²) in [6.07, 6.45) is -4.48. The van der Waals surface area contributed by atoms with Gasteiger partial charge in [0.15, 0.2) is 0 Å². The Balaban J connectivity index is 2.49. The van der Waals surface area contributed by atoms with E-state index < -0.39 is 23.7 Å². The molecule has 0 spiro atoms. The summed E-state index contributed by atoms with van der Waals surface area (Å²) in [5.74, 6) is -0.648. The fourth-order valence-electron chi connectivity index (χ4n) is 2.23. The molecular weight excluding hydrogens is 339 g/mol. The zero-order chi connectivity index (χ0) is 14.9. The van der Waals surface area contributed by atoms with Gasteiger partial charge in [0.25, 0.3) is 0 Å². The third-order valence-corrected chi connectivity index (χ3v) is 3.64. The number of nitrogens with one attached hydrogen (secondary N) is 1. The van der Waals surface area contributed by atoms with Crippen LogP contribution in [-0.4, -0.2) is 31.6 Å². The van der Waals surface area contributed by atoms with Crippen LogP contribution in [0.25, 0.3) is 0 Å². The molecule has 1 amide bonds. The highest BCUT2D eigenvalue weighted by atomic mass is 79.9. The maximum Gasteiger partial charge on any atom is 0.418 e. The molecule has 1 aliphatic heterocycles. The molecule has 1 aromatic rings. The second-order valence-corrected chi connectivity index (χ2v) is 5.39. The van der Waals surface area contributed by atoms with E-state index in [1.807, 2.05) is 0 Å². The van der Waals surface area contributed by atoms with Crippen molar-refractivity contribution in [3.63, 3.8) is 0 Å². The third kappa shape index (κ3) is 3.06. The highest BCUT2D eigenvalue weighted by Crippen LogP contribution is 2.38. The van der Waals surface area contributed by atoms with Gasteiger partial charge in [-0.05, 0) is 18.2 Å². The topological polar surface area (TPSA) is 58.4 Å². The molecule has 1 fully saturated rings. The first-order valence-electron chi connectivity index (χ1n) is 5.94. The summed E-state index contributed by atoms with van der Waals surface area (Å²) < 4.78 is 39.8. The summed E-state index contributed by atoms with van der Waals surface area (Å²) in [5.41, 5.74) is 4.48. The highest BCUT2D eigenvalue weighted by Gasteiger charge is 2.37. The predicted octanol–water partition coefficient (Wildman–Crippen LogP) is 1.73. The molecule has 0 radical (unpaired) electrons. The molecule has 1 heterocycles. The van der Waals surface area contributed by atoms with Gasteiger partial charge in [-0.25, -0.2) is 0 Å². The smallest absolute Gasteiger partial charge is 0.368 e. The van der Waals surface area contributed by atoms with E-state index in [0.29, 0.717) is 11.0 Å². The second kappa shape index (κ2) is 5.61. The Morgan fingerprint density at radius 2 is 2.15 bits per heavy atom. The standard InChI is InChI=1S/C12H13BrF3N3O/c13-7-1-2-8(12(14,15)16)9(5-7)19-4-3-18-6-10(19)11(17)20/h1-2,5,10,18H,3-4,6H2,(H2,17,20). The van der Waals surface area contributed by atoms with Gasteiger partial charge in [-0.15, -0.1) is 0 Å². The number of hydrogen-bond acceptors (Lipinski definition) is 3. The van der Waals surface area contributed by atoms with Gasteiger partial charge in [0.2, 0.25) is 5.91 Å². The summed E-state index contributed by atoms with van der Waals surface area (Å²) in [6.45, 7) is 1.01. The number of halogens is 4. The second-order valence-electron chi connectivity index (χ2n) is 4.47. The molecule has 1 saturated heterocycles. The molecule has 4 nitrogen and oxygen atoms in total. The maximum atomic E-state index is 13.1. The molecule has 20 heavy (non-hydrogen) atoms. The van der Waals surface area contributed by atoms with Crippen molar-refractivity contribution in [3.8, 4) is 0 Å². The number of nitrogens with zero attached hydrogens (tertiary/aromatic N) is 1. The van der Waals surface area contributed by atoms with Crippen molar-refractivity contribution in [1.82, 2.24) is 5.32 Å². The van der Waals surface area contributed by atoms with Crippen LogP contribution >= 0.6 is 15.9 Å². The van der Waals surface area contributed by atoms with E-state index in [2.05, 4.69) is 21.2 Å². The minimum Gasteiger partial charge on any atom is -0.368 e. The van der Waals surface area contributed by atoms with Crippen molar-refractivity contribution < 1.29 is 18.0 Å². The molecule has 0 bridgehead atoms. The van der Waals surface area contributed by atoms with Crippen LogP contribution in [0.15, 0.2) is 22.7 Å². The number of nitrogens with two attached hydrogens (primary N) is 1. The van der Waals surface area contributed by atoms with Gasteiger partial charge in [-0.3, -0.25) is 4.79 Å². The molecule has 1 atom stereocenters. The number of alkyl halides is 3. The lowest BCUT2D eigenvalue weighted by Crippen LogP contribution is -2.57. The van der Waals surface area contributed by atoms with E-state index in [4.69, 9.17) is 5.73 Å². The number of benzene rings is 1. The normalized spacial score (nSPS) is 20.0. The van der Waals surface area contributed by atoms with Crippen LogP contribution in [-0.2, 0) is 11.0 Å². The highest BCUT2D eigenvalue weighted by molar-refractivity contribution is 9.10. The molecule has 1 aromatic carbocycles. The number of carbonyl (C=O) groups excluding carboxylic acids is 1. The molecule has 0 aliphatic carbocycles. The van der Waals surface area contributed by atoms with Crippen LogP contribution in [0.1, 0.15) is 5.56 Å². The molecule has 0 aromatic heterocycles. The van der Waals surface area contributed by atoms with Gasteiger partial charge in [-0.2, -0.15) is 13.2 Å². The van der Waals surface area contributed by atoms with Crippen LogP contribution in [0.2, 0.25) is 0 Å². The summed E-state index contributed by atoms with van der Waals surface area (Å²) in [4.78, 5) is 12.8. The fraction of sp³-hybridized carbons (Fsp3) is 0.417. The van der Waals surface area contributed by atoms with E-state index in [1.54, 1.807) is 0 Å². The number of anilines is 1. The van der Waals surface area contributed by atoms with Crippen LogP contribution < -0.4 is 16.0 Å². The summed E-state index contributed by atoms with van der Waals surface area (Å²) >= 11 is 3.16. The van der Waals surface area contributed by atoms with Gasteiger partial charge in [0.05, 0.1) is 11.3 Å². The zero-order valence-electron chi connectivity index (χ0n) is 10.4. The number of hydrogen-bond donors (Lipinski definition) is 2. The summed E-state index contributed by atoms with van der Waals surface area (Å²) in [6, 6.07) is 2.90. The zero-order valence-corrected chi connectivity index (χ0v) is 12.0. The van der Waals surface area contributed by atoms with E-state index in [1.165, 1.54) is 17.0 Å². The Hall–Kier alpha value is -1.28. The molecule has 2 rings (SSSR count). The van der Waals surface area contributed by atoms with Crippen LogP contribution in [0.5, 0.6) is 0 Å². The first-order valence-corrected chi connectivity index (χ1v) is 6.73. The minimum atomic E-state index is -4.48. The lowest BCUT2D eigenvalue weighted by Gasteiger charge is -2.37. The third-order valence-electron chi connectivity index (χ3n) is 3.15. The van der Waals surface area contributed by atoms with Crippen molar-refractivity contribution >= 4 is 27.5 Å². The molecule has 8 heteroatoms. The number of amides is 1. The number of piperazine rings is 1. The van der Waals surface area contributed by atoms with Gasteiger partial charge in [0.1, 0.15) is 6.04 Å². The van der Waals surface area contributed by atoms with Crippen LogP contribution in [0.4, 0.5) is 18.9 Å². The first kappa shape index (κ1) is 15.1. The molecule has 1 aliphatic rings. The van der Waals surface area contributed by atoms with Gasteiger partial charge >= 0.3 is 6.18 Å². The largest absolute Gasteiger partial charge is 0.418 e. The van der Waals surface area contributed by atoms with Gasteiger partial charge in [0, 0.05) is 24.1 Å². The molecule has 3 N–H and O–H groups in total. The van der Waals surface area contributed by atoms with Gasteiger partial charge in [-0.1, -0.05) is 15.9 Å². The first-order chi connectivity index (χ1) is 9.30. The lowest BCUT2D eigenvalue weighted by atomic mass is 10.1. The molecule has 1 unspecified atom stereocenters. The number of primary amides is 1. The number of rotatable bonds is 2. The van der Waals surface area contributed by atoms with E-state index in [9.17, 15) is 18.0 Å². The predicted molar refractivity (Wildman–Crippen MR) is 72.3 cm³/mol. The van der Waals surface area contributed by atoms with E-state index >= 15 is 0 Å². The summed E-state index contributed by atoms with van der Waals surface area (Å²) in [7, 11) is 0. The van der Waals surface area contributed by atoms with Crippen molar-refractivity contribution in [1.29, 1.82) is 0 Å². The maximum absolute atomic E-state index is 13.1. The molecular formula is C12H13BrF3N3O. The van der Waals surface area contributed by atoms with Crippen LogP contribution in [0.3, 0.4) is 0 Å². The Morgan fingerprint density at radius 3 is 2.75 bits per heavy atom. The average Bonchev–Trinajstić information content (AvgIpc) is 2.37. The van der Waals surface area contributed by atoms with Crippen molar-refractivity contribution in [3.05, 3.63) is 28.2 Å². The van der Waals surface area contributed by atoms with Gasteiger partial charge < -0.3 is 16.0 Å². The Bertz CT molecular complexity index is 521. The van der Waals surface area contributed by atoms with Crippen LogP contribution in [0, 0.1) is 0 Å². The quantitative estimate of drug-likeness (QED) is 0.853. The lowest BCUT2D eigenvalue weighted by molar-refractivity contribution is -0.137. The van der Waals surface area contributed by atoms with E-state index in [0.717, 1.165) is 6.07 Å². The van der Waals surface area contributed by atoms with Crippen molar-refractivity contribution in [2.75, 3.05) is 24.5 Å². The molecule has 110 valence electrons. The Labute approximate surface area is 122 Å². The average molecular weight is 352 g/mol. The monoisotopic (exact) mass is 351 g/mol. The summed E-state index contributed by atoms with van der Waals surface area (Å²) in [5, 5.41) is 2.95. The van der Waals surface area contributed by atoms with Crippen molar-refractivity contribution in [2.24, 2.45) is 5.73 Å². The Kier molecular flexibility index (Phi) is 4.24.